The van der Waals surface area contributed by atoms with Gasteiger partial charge in [0.2, 0.25) is 0 Å². The number of ether oxygens (including phenoxy) is 1. The lowest BCUT2D eigenvalue weighted by atomic mass is 10.0. The van der Waals surface area contributed by atoms with Gasteiger partial charge in [0.25, 0.3) is 5.91 Å². The summed E-state index contributed by atoms with van der Waals surface area (Å²) in [7, 11) is 1.45. The molecule has 1 unspecified atom stereocenters. The van der Waals surface area contributed by atoms with E-state index in [1.165, 1.54) is 19.2 Å². The maximum Gasteiger partial charge on any atom is 0.326 e. The number of nitrogens with zero attached hydrogens (tertiary/aromatic N) is 2. The number of hydrogen-bond acceptors (Lipinski definition) is 8. The zero-order valence-electron chi connectivity index (χ0n) is 16.8. The molecule has 0 saturated carbocycles. The van der Waals surface area contributed by atoms with Crippen molar-refractivity contribution >= 4 is 34.6 Å². The second kappa shape index (κ2) is 9.52. The van der Waals surface area contributed by atoms with E-state index in [2.05, 4.69) is 10.6 Å². The minimum Gasteiger partial charge on any atom is -0.497 e. The van der Waals surface area contributed by atoms with Crippen LogP contribution in [0.5, 0.6) is 5.75 Å². The summed E-state index contributed by atoms with van der Waals surface area (Å²) in [6.07, 6.45) is 0. The van der Waals surface area contributed by atoms with Crippen molar-refractivity contribution in [3.63, 3.8) is 0 Å². The van der Waals surface area contributed by atoms with Gasteiger partial charge in [-0.2, -0.15) is 0 Å². The fourth-order valence-corrected chi connectivity index (χ4v) is 2.72. The number of carbonyl (C=O) groups excluding carboxylic acids is 1. The first-order valence-corrected chi connectivity index (χ1v) is 8.96. The molecule has 0 heterocycles. The number of nitrogens with one attached hydrogen (secondary N) is 2. The normalized spacial score (nSPS) is 11.5. The molecule has 0 radical (unpaired) electrons. The first-order valence-electron chi connectivity index (χ1n) is 8.96. The quantitative estimate of drug-likeness (QED) is 0.397. The summed E-state index contributed by atoms with van der Waals surface area (Å²) in [5, 5.41) is 37.3. The van der Waals surface area contributed by atoms with Crippen molar-refractivity contribution in [3.05, 3.63) is 62.2 Å². The first kappa shape index (κ1) is 23.1. The van der Waals surface area contributed by atoms with Gasteiger partial charge in [0.15, 0.2) is 5.69 Å². The number of carboxylic acid groups (broad SMARTS) is 1. The van der Waals surface area contributed by atoms with Crippen molar-refractivity contribution in [3.8, 4) is 5.75 Å². The third-order valence-corrected chi connectivity index (χ3v) is 4.33. The lowest BCUT2D eigenvalue weighted by Gasteiger charge is -2.18. The highest BCUT2D eigenvalue weighted by molar-refractivity contribution is 5.99. The number of carbonyl (C=O) groups is 2. The van der Waals surface area contributed by atoms with Gasteiger partial charge in [-0.1, -0.05) is 13.8 Å². The predicted octanol–water partition coefficient (Wildman–Crippen LogP) is 3.09. The molecule has 1 atom stereocenters. The van der Waals surface area contributed by atoms with Crippen LogP contribution in [0.2, 0.25) is 0 Å². The SMILES string of the molecule is COc1ccc(Nc2c([N+](=O)[O-])cc(C(=O)NC(C(=O)O)C(C)C)cc2[N+](=O)[O-])cc1. The van der Waals surface area contributed by atoms with Gasteiger partial charge >= 0.3 is 17.3 Å². The molecule has 0 bridgehead atoms. The Morgan fingerprint density at radius 1 is 1.03 bits per heavy atom. The van der Waals surface area contributed by atoms with Gasteiger partial charge in [0, 0.05) is 17.8 Å². The smallest absolute Gasteiger partial charge is 0.326 e. The van der Waals surface area contributed by atoms with Crippen molar-refractivity contribution in [1.82, 2.24) is 5.32 Å². The Hall–Kier alpha value is -4.22. The van der Waals surface area contributed by atoms with Gasteiger partial charge in [-0.05, 0) is 30.2 Å². The summed E-state index contributed by atoms with van der Waals surface area (Å²) in [6.45, 7) is 3.12. The van der Waals surface area contributed by atoms with E-state index in [4.69, 9.17) is 4.74 Å². The van der Waals surface area contributed by atoms with Gasteiger partial charge in [0.05, 0.1) is 22.5 Å². The number of rotatable bonds is 9. The van der Waals surface area contributed by atoms with Crippen molar-refractivity contribution < 1.29 is 29.3 Å². The molecule has 12 nitrogen and oxygen atoms in total. The lowest BCUT2D eigenvalue weighted by molar-refractivity contribution is -0.392. The van der Waals surface area contributed by atoms with Crippen LogP contribution in [0.15, 0.2) is 36.4 Å². The first-order chi connectivity index (χ1) is 14.5. The van der Waals surface area contributed by atoms with E-state index < -0.39 is 56.3 Å². The standard InChI is InChI=1S/C19H20N4O8/c1-10(2)16(19(25)26)21-18(24)11-8-14(22(27)28)17(15(9-11)23(29)30)20-12-4-6-13(31-3)7-5-12/h4-10,16,20H,1-3H3,(H,21,24)(H,25,26). The lowest BCUT2D eigenvalue weighted by Crippen LogP contribution is -2.44. The van der Waals surface area contributed by atoms with Crippen LogP contribution in [0.4, 0.5) is 22.7 Å². The highest BCUT2D eigenvalue weighted by Crippen LogP contribution is 2.38. The summed E-state index contributed by atoms with van der Waals surface area (Å²) >= 11 is 0. The Kier molecular flexibility index (Phi) is 7.08. The summed E-state index contributed by atoms with van der Waals surface area (Å²) < 4.78 is 5.02. The molecule has 12 heteroatoms. The van der Waals surface area contributed by atoms with Crippen LogP contribution in [-0.2, 0) is 4.79 Å². The van der Waals surface area contributed by atoms with E-state index in [1.54, 1.807) is 26.0 Å². The summed E-state index contributed by atoms with van der Waals surface area (Å²) in [5.41, 5.74) is -1.95. The van der Waals surface area contributed by atoms with Gasteiger partial charge in [-0.15, -0.1) is 0 Å². The van der Waals surface area contributed by atoms with E-state index in [0.717, 1.165) is 12.1 Å². The van der Waals surface area contributed by atoms with Crippen LogP contribution in [0, 0.1) is 26.1 Å². The molecular weight excluding hydrogens is 412 g/mol. The largest absolute Gasteiger partial charge is 0.497 e. The van der Waals surface area contributed by atoms with Crippen LogP contribution in [0.25, 0.3) is 0 Å². The van der Waals surface area contributed by atoms with Gasteiger partial charge in [0.1, 0.15) is 11.8 Å². The highest BCUT2D eigenvalue weighted by Gasteiger charge is 2.31. The second-order valence-corrected chi connectivity index (χ2v) is 6.79. The molecule has 31 heavy (non-hydrogen) atoms. The van der Waals surface area contributed by atoms with Crippen molar-refractivity contribution in [2.75, 3.05) is 12.4 Å². The van der Waals surface area contributed by atoms with Gasteiger partial charge in [-0.3, -0.25) is 25.0 Å². The molecule has 2 rings (SSSR count). The third-order valence-electron chi connectivity index (χ3n) is 4.33. The van der Waals surface area contributed by atoms with Crippen LogP contribution >= 0.6 is 0 Å². The Labute approximate surface area is 176 Å². The number of methoxy groups -OCH3 is 1. The zero-order valence-corrected chi connectivity index (χ0v) is 16.8. The number of hydrogen-bond donors (Lipinski definition) is 3. The molecule has 0 saturated heterocycles. The number of amides is 1. The van der Waals surface area contributed by atoms with E-state index >= 15 is 0 Å². The topological polar surface area (TPSA) is 174 Å². The molecular formula is C19H20N4O8. The minimum atomic E-state index is -1.30. The third kappa shape index (κ3) is 5.44. The fourth-order valence-electron chi connectivity index (χ4n) is 2.72. The van der Waals surface area contributed by atoms with Crippen molar-refractivity contribution in [2.24, 2.45) is 5.92 Å². The fraction of sp³-hybridized carbons (Fsp3) is 0.263. The van der Waals surface area contributed by atoms with E-state index in [9.17, 15) is 34.9 Å². The number of aliphatic carboxylic acids is 1. The summed E-state index contributed by atoms with van der Waals surface area (Å²) in [4.78, 5) is 45.3. The molecule has 2 aromatic rings. The van der Waals surface area contributed by atoms with Gasteiger partial charge < -0.3 is 20.5 Å². The molecule has 2 aromatic carbocycles. The summed E-state index contributed by atoms with van der Waals surface area (Å²) in [5.74, 6) is -2.25. The molecule has 0 aliphatic carbocycles. The number of nitro benzene ring substituents is 2. The van der Waals surface area contributed by atoms with Crippen LogP contribution < -0.4 is 15.4 Å². The average molecular weight is 432 g/mol. The molecule has 0 fully saturated rings. The van der Waals surface area contributed by atoms with Crippen LogP contribution in [0.3, 0.4) is 0 Å². The van der Waals surface area contributed by atoms with Crippen molar-refractivity contribution in [1.29, 1.82) is 0 Å². The zero-order chi connectivity index (χ0) is 23.3. The molecule has 1 amide bonds. The van der Waals surface area contributed by atoms with Gasteiger partial charge in [-0.25, -0.2) is 4.79 Å². The Bertz CT molecular complexity index is 985. The maximum absolute atomic E-state index is 12.5. The molecule has 0 aliphatic rings. The number of anilines is 2. The van der Waals surface area contributed by atoms with Crippen LogP contribution in [0.1, 0.15) is 24.2 Å². The molecule has 0 aliphatic heterocycles. The number of nitro groups is 2. The monoisotopic (exact) mass is 432 g/mol. The second-order valence-electron chi connectivity index (χ2n) is 6.79. The minimum absolute atomic E-state index is 0.315. The van der Waals surface area contributed by atoms with E-state index in [0.29, 0.717) is 11.4 Å². The maximum atomic E-state index is 12.5. The number of benzene rings is 2. The van der Waals surface area contributed by atoms with Crippen molar-refractivity contribution in [2.45, 2.75) is 19.9 Å². The van der Waals surface area contributed by atoms with E-state index in [1.807, 2.05) is 0 Å². The Morgan fingerprint density at radius 3 is 1.94 bits per heavy atom. The van der Waals surface area contributed by atoms with E-state index in [-0.39, 0.29) is 0 Å². The predicted molar refractivity (Wildman–Crippen MR) is 110 cm³/mol. The van der Waals surface area contributed by atoms with Crippen LogP contribution in [-0.4, -0.2) is 40.0 Å². The molecule has 0 aromatic heterocycles. The molecule has 164 valence electrons. The Morgan fingerprint density at radius 2 is 1.55 bits per heavy atom. The molecule has 0 spiro atoms. The molecule has 3 N–H and O–H groups in total. The highest BCUT2D eigenvalue weighted by atomic mass is 16.6. The Balaban J connectivity index is 2.52. The number of carboxylic acids is 1. The average Bonchev–Trinajstić information content (AvgIpc) is 2.71. The summed E-state index contributed by atoms with van der Waals surface area (Å²) in [6, 6.07) is 6.56.